The molecule has 2 heteroatoms. The molecule has 0 N–H and O–H groups in total. The lowest BCUT2D eigenvalue weighted by atomic mass is 9.68. The van der Waals surface area contributed by atoms with Crippen molar-refractivity contribution in [1.82, 2.24) is 4.98 Å². The van der Waals surface area contributed by atoms with E-state index in [1.807, 2.05) is 12.3 Å². The molecule has 2 aliphatic carbocycles. The van der Waals surface area contributed by atoms with Crippen LogP contribution >= 0.6 is 11.6 Å². The third-order valence-electron chi connectivity index (χ3n) is 7.27. The molecule has 0 radical (unpaired) electrons. The quantitative estimate of drug-likeness (QED) is 0.329. The average molecular weight is 376 g/mol. The molecule has 2 fully saturated rings. The van der Waals surface area contributed by atoms with Crippen LogP contribution in [0.2, 0.25) is 5.15 Å². The maximum absolute atomic E-state index is 5.93. The first kappa shape index (κ1) is 20.2. The zero-order chi connectivity index (χ0) is 18.2. The van der Waals surface area contributed by atoms with Crippen LogP contribution in [0.1, 0.15) is 108 Å². The minimum Gasteiger partial charge on any atom is -0.244 e. The zero-order valence-corrected chi connectivity index (χ0v) is 17.5. The lowest BCUT2D eigenvalue weighted by Gasteiger charge is -2.38. The molecule has 0 saturated heterocycles. The van der Waals surface area contributed by atoms with Gasteiger partial charge in [-0.15, -0.1) is 0 Å². The van der Waals surface area contributed by atoms with Crippen molar-refractivity contribution in [1.29, 1.82) is 0 Å². The second-order valence-corrected chi connectivity index (χ2v) is 9.40. The summed E-state index contributed by atoms with van der Waals surface area (Å²) in [5, 5.41) is 0.615. The van der Waals surface area contributed by atoms with Crippen LogP contribution in [0.4, 0.5) is 0 Å². The van der Waals surface area contributed by atoms with Gasteiger partial charge < -0.3 is 0 Å². The maximum atomic E-state index is 5.93. The molecule has 0 spiro atoms. The van der Waals surface area contributed by atoms with Gasteiger partial charge in [0.25, 0.3) is 0 Å². The van der Waals surface area contributed by atoms with Crippen LogP contribution < -0.4 is 0 Å². The van der Waals surface area contributed by atoms with Gasteiger partial charge in [0.1, 0.15) is 5.15 Å². The number of aromatic nitrogens is 1. The Morgan fingerprint density at radius 1 is 0.846 bits per heavy atom. The van der Waals surface area contributed by atoms with E-state index < -0.39 is 0 Å². The van der Waals surface area contributed by atoms with Gasteiger partial charge in [0.05, 0.1) is 0 Å². The van der Waals surface area contributed by atoms with Gasteiger partial charge >= 0.3 is 0 Å². The Morgan fingerprint density at radius 2 is 1.50 bits per heavy atom. The number of halogens is 1. The van der Waals surface area contributed by atoms with Crippen molar-refractivity contribution >= 4 is 11.6 Å². The van der Waals surface area contributed by atoms with Crippen LogP contribution in [0, 0.1) is 17.8 Å². The van der Waals surface area contributed by atoms with Crippen LogP contribution in [0.3, 0.4) is 0 Å². The smallest absolute Gasteiger partial charge is 0.129 e. The second-order valence-electron chi connectivity index (χ2n) is 9.01. The van der Waals surface area contributed by atoms with Crippen LogP contribution in [0.5, 0.6) is 0 Å². The predicted octanol–water partition coefficient (Wildman–Crippen LogP) is 8.18. The first-order valence-corrected chi connectivity index (χ1v) is 11.8. The number of hydrogen-bond donors (Lipinski definition) is 0. The van der Waals surface area contributed by atoms with E-state index in [0.717, 1.165) is 23.7 Å². The lowest BCUT2D eigenvalue weighted by molar-refractivity contribution is 0.155. The molecule has 0 bridgehead atoms. The van der Waals surface area contributed by atoms with Crippen molar-refractivity contribution in [3.8, 4) is 0 Å². The summed E-state index contributed by atoms with van der Waals surface area (Å²) in [7, 11) is 0. The van der Waals surface area contributed by atoms with E-state index in [1.165, 1.54) is 95.5 Å². The summed E-state index contributed by atoms with van der Waals surface area (Å²) in [6.45, 7) is 2.31. The van der Waals surface area contributed by atoms with Crippen LogP contribution in [0.25, 0.3) is 0 Å². The van der Waals surface area contributed by atoms with Crippen LogP contribution in [0.15, 0.2) is 18.3 Å². The predicted molar refractivity (Wildman–Crippen MR) is 113 cm³/mol. The molecular weight excluding hydrogens is 338 g/mol. The van der Waals surface area contributed by atoms with E-state index in [9.17, 15) is 0 Å². The summed E-state index contributed by atoms with van der Waals surface area (Å²) < 4.78 is 0. The standard InChI is InChI=1S/C24H38ClN/c1-2-3-4-5-6-7-19-8-10-20(11-9-19)21-12-14-22(15-13-21)23-16-17-24(25)26-18-23/h16-22H,2-15H2,1H3/t19-,20-,21?,22?. The Hall–Kier alpha value is -0.560. The number of pyridine rings is 1. The van der Waals surface area contributed by atoms with Gasteiger partial charge in [-0.05, 0) is 73.8 Å². The van der Waals surface area contributed by atoms with Gasteiger partial charge in [-0.25, -0.2) is 4.98 Å². The highest BCUT2D eigenvalue weighted by molar-refractivity contribution is 6.29. The Balaban J connectivity index is 1.34. The third-order valence-corrected chi connectivity index (χ3v) is 7.49. The van der Waals surface area contributed by atoms with Crippen molar-refractivity contribution < 1.29 is 0 Å². The zero-order valence-electron chi connectivity index (χ0n) is 16.8. The highest BCUT2D eigenvalue weighted by Crippen LogP contribution is 2.44. The molecule has 1 heterocycles. The molecule has 26 heavy (non-hydrogen) atoms. The average Bonchev–Trinajstić information content (AvgIpc) is 2.69. The second kappa shape index (κ2) is 10.7. The summed E-state index contributed by atoms with van der Waals surface area (Å²) in [6, 6.07) is 4.14. The van der Waals surface area contributed by atoms with E-state index in [1.54, 1.807) is 0 Å². The largest absolute Gasteiger partial charge is 0.244 e. The van der Waals surface area contributed by atoms with Crippen LogP contribution in [-0.4, -0.2) is 4.98 Å². The van der Waals surface area contributed by atoms with Crippen molar-refractivity contribution in [3.05, 3.63) is 29.0 Å². The molecule has 1 aromatic rings. The summed E-state index contributed by atoms with van der Waals surface area (Å²) in [5.74, 6) is 3.78. The Morgan fingerprint density at radius 3 is 2.12 bits per heavy atom. The van der Waals surface area contributed by atoms with Gasteiger partial charge in [0, 0.05) is 6.20 Å². The Bertz CT molecular complexity index is 495. The van der Waals surface area contributed by atoms with E-state index in [-0.39, 0.29) is 0 Å². The van der Waals surface area contributed by atoms with Gasteiger partial charge in [-0.1, -0.05) is 76.0 Å². The fourth-order valence-electron chi connectivity index (χ4n) is 5.54. The summed E-state index contributed by atoms with van der Waals surface area (Å²) >= 11 is 5.93. The number of hydrogen-bond acceptors (Lipinski definition) is 1. The first-order valence-electron chi connectivity index (χ1n) is 11.4. The molecule has 0 atom stereocenters. The van der Waals surface area contributed by atoms with Crippen molar-refractivity contribution in [2.45, 2.75) is 103 Å². The van der Waals surface area contributed by atoms with Gasteiger partial charge in [0.2, 0.25) is 0 Å². The fourth-order valence-corrected chi connectivity index (χ4v) is 5.65. The molecule has 0 aliphatic heterocycles. The molecule has 1 nitrogen and oxygen atoms in total. The highest BCUT2D eigenvalue weighted by atomic mass is 35.5. The fraction of sp³-hybridized carbons (Fsp3) is 0.792. The summed E-state index contributed by atoms with van der Waals surface area (Å²) in [4.78, 5) is 4.28. The molecule has 1 aromatic heterocycles. The summed E-state index contributed by atoms with van der Waals surface area (Å²) in [5.41, 5.74) is 1.40. The normalized spacial score (nSPS) is 29.6. The number of nitrogens with zero attached hydrogens (tertiary/aromatic N) is 1. The molecule has 3 rings (SSSR count). The van der Waals surface area contributed by atoms with Crippen molar-refractivity contribution in [2.24, 2.45) is 17.8 Å². The third kappa shape index (κ3) is 5.98. The van der Waals surface area contributed by atoms with Gasteiger partial charge in [-0.3, -0.25) is 0 Å². The van der Waals surface area contributed by atoms with E-state index in [4.69, 9.17) is 11.6 Å². The molecule has 0 aromatic carbocycles. The van der Waals surface area contributed by atoms with E-state index >= 15 is 0 Å². The molecule has 146 valence electrons. The lowest BCUT2D eigenvalue weighted by Crippen LogP contribution is -2.25. The molecule has 2 aliphatic rings. The number of rotatable bonds is 8. The molecule has 2 saturated carbocycles. The molecule has 0 amide bonds. The minimum absolute atomic E-state index is 0.615. The maximum Gasteiger partial charge on any atom is 0.129 e. The van der Waals surface area contributed by atoms with Gasteiger partial charge in [-0.2, -0.15) is 0 Å². The number of unbranched alkanes of at least 4 members (excludes halogenated alkanes) is 4. The summed E-state index contributed by atoms with van der Waals surface area (Å²) in [6.07, 6.45) is 22.3. The Kier molecular flexibility index (Phi) is 8.30. The van der Waals surface area contributed by atoms with Gasteiger partial charge in [0.15, 0.2) is 0 Å². The Labute approximate surface area is 166 Å². The molecular formula is C24H38ClN. The van der Waals surface area contributed by atoms with Crippen LogP contribution in [-0.2, 0) is 0 Å². The minimum atomic E-state index is 0.615. The van der Waals surface area contributed by atoms with E-state index in [0.29, 0.717) is 5.15 Å². The first-order chi connectivity index (χ1) is 12.8. The van der Waals surface area contributed by atoms with Crippen molar-refractivity contribution in [2.75, 3.05) is 0 Å². The SMILES string of the molecule is CCCCCCC[C@H]1CC[C@H](C2CCC(c3ccc(Cl)nc3)CC2)CC1. The topological polar surface area (TPSA) is 12.9 Å². The van der Waals surface area contributed by atoms with E-state index in [2.05, 4.69) is 18.0 Å². The monoisotopic (exact) mass is 375 g/mol. The van der Waals surface area contributed by atoms with Crippen molar-refractivity contribution in [3.63, 3.8) is 0 Å². The molecule has 0 unspecified atom stereocenters. The highest BCUT2D eigenvalue weighted by Gasteiger charge is 2.31.